The van der Waals surface area contributed by atoms with Gasteiger partial charge in [-0.05, 0) is 42.0 Å². The quantitative estimate of drug-likeness (QED) is 0.475. The van der Waals surface area contributed by atoms with Crippen molar-refractivity contribution in [1.29, 1.82) is 0 Å². The highest BCUT2D eigenvalue weighted by atomic mass is 35.5. The van der Waals surface area contributed by atoms with Crippen LogP contribution in [0.5, 0.6) is 17.2 Å². The lowest BCUT2D eigenvalue weighted by atomic mass is 9.95. The fourth-order valence-electron chi connectivity index (χ4n) is 3.09. The first-order valence-corrected chi connectivity index (χ1v) is 9.76. The van der Waals surface area contributed by atoms with E-state index in [4.69, 9.17) is 25.8 Å². The lowest BCUT2D eigenvalue weighted by molar-refractivity contribution is -0.157. The van der Waals surface area contributed by atoms with Gasteiger partial charge in [0, 0.05) is 12.6 Å². The van der Waals surface area contributed by atoms with Gasteiger partial charge < -0.3 is 19.5 Å². The summed E-state index contributed by atoms with van der Waals surface area (Å²) in [7, 11) is 3.03. The van der Waals surface area contributed by atoms with E-state index in [-0.39, 0.29) is 12.5 Å². The second-order valence-corrected chi connectivity index (χ2v) is 7.17. The SMILES string of the molecule is COc1ccc(C2C(Cl)C(=O)N2NC(=O)COc2ccc(NC(C)=O)cc2)cc1OC. The van der Waals surface area contributed by atoms with Crippen LogP contribution in [-0.4, -0.2) is 48.9 Å². The standard InChI is InChI=1S/C21H22ClN3O6/c1-12(26)23-14-5-7-15(8-6-14)31-11-18(27)24-25-20(19(22)21(25)28)13-4-9-16(29-2)17(10-13)30-3/h4-10,19-20H,11H2,1-3H3,(H,23,26)(H,24,27). The zero-order valence-electron chi connectivity index (χ0n) is 17.2. The number of benzene rings is 2. The third-order valence-electron chi connectivity index (χ3n) is 4.57. The second kappa shape index (κ2) is 9.57. The summed E-state index contributed by atoms with van der Waals surface area (Å²) < 4.78 is 15.9. The maximum Gasteiger partial charge on any atom is 0.276 e. The molecule has 2 atom stereocenters. The van der Waals surface area contributed by atoms with Gasteiger partial charge in [-0.2, -0.15) is 0 Å². The van der Waals surface area contributed by atoms with Crippen LogP contribution in [0.3, 0.4) is 0 Å². The molecule has 2 aromatic rings. The third-order valence-corrected chi connectivity index (χ3v) is 4.99. The average Bonchev–Trinajstić information content (AvgIpc) is 2.77. The monoisotopic (exact) mass is 447 g/mol. The van der Waals surface area contributed by atoms with Gasteiger partial charge in [0.1, 0.15) is 17.2 Å². The Balaban J connectivity index is 1.61. The number of nitrogens with zero attached hydrogens (tertiary/aromatic N) is 1. The van der Waals surface area contributed by atoms with E-state index in [1.54, 1.807) is 42.5 Å². The maximum atomic E-state index is 12.3. The molecule has 1 heterocycles. The summed E-state index contributed by atoms with van der Waals surface area (Å²) in [5, 5.41) is 2.99. The van der Waals surface area contributed by atoms with E-state index >= 15 is 0 Å². The number of nitrogens with one attached hydrogen (secondary N) is 2. The molecule has 0 radical (unpaired) electrons. The first-order valence-electron chi connectivity index (χ1n) is 9.33. The van der Waals surface area contributed by atoms with Gasteiger partial charge in [-0.3, -0.25) is 19.8 Å². The molecule has 3 rings (SSSR count). The second-order valence-electron chi connectivity index (χ2n) is 6.70. The first kappa shape index (κ1) is 22.2. The Morgan fingerprint density at radius 2 is 1.74 bits per heavy atom. The summed E-state index contributed by atoms with van der Waals surface area (Å²) in [4.78, 5) is 35.6. The fourth-order valence-corrected chi connectivity index (χ4v) is 3.45. The Bertz CT molecular complexity index is 982. The molecule has 0 aromatic heterocycles. The summed E-state index contributed by atoms with van der Waals surface area (Å²) in [5.41, 5.74) is 3.82. The van der Waals surface area contributed by atoms with Crippen LogP contribution in [-0.2, 0) is 14.4 Å². The number of hydrogen-bond acceptors (Lipinski definition) is 6. The van der Waals surface area contributed by atoms with Crippen LogP contribution in [0.4, 0.5) is 5.69 Å². The number of methoxy groups -OCH3 is 2. The molecule has 2 N–H and O–H groups in total. The molecule has 1 saturated heterocycles. The number of ether oxygens (including phenoxy) is 3. The van der Waals surface area contributed by atoms with E-state index in [9.17, 15) is 14.4 Å². The normalized spacial score (nSPS) is 17.4. The van der Waals surface area contributed by atoms with E-state index in [0.29, 0.717) is 28.5 Å². The molecular formula is C21H22ClN3O6. The molecule has 1 aliphatic rings. The third kappa shape index (κ3) is 5.00. The number of halogens is 1. The van der Waals surface area contributed by atoms with Gasteiger partial charge in [0.15, 0.2) is 18.1 Å². The van der Waals surface area contributed by atoms with Crippen LogP contribution in [0.15, 0.2) is 42.5 Å². The zero-order chi connectivity index (χ0) is 22.5. The van der Waals surface area contributed by atoms with Gasteiger partial charge in [-0.25, -0.2) is 5.01 Å². The van der Waals surface area contributed by atoms with Gasteiger partial charge in [-0.15, -0.1) is 11.6 Å². The summed E-state index contributed by atoms with van der Waals surface area (Å²) in [6, 6.07) is 11.1. The number of rotatable bonds is 8. The van der Waals surface area contributed by atoms with Gasteiger partial charge in [0.25, 0.3) is 11.8 Å². The van der Waals surface area contributed by atoms with E-state index in [1.165, 1.54) is 26.2 Å². The van der Waals surface area contributed by atoms with Crippen molar-refractivity contribution in [2.24, 2.45) is 0 Å². The van der Waals surface area contributed by atoms with Crippen LogP contribution in [0.1, 0.15) is 18.5 Å². The van der Waals surface area contributed by atoms with Crippen molar-refractivity contribution in [3.8, 4) is 17.2 Å². The molecule has 2 aromatic carbocycles. The molecule has 3 amide bonds. The number of carbonyl (C=O) groups is 3. The smallest absolute Gasteiger partial charge is 0.276 e. The van der Waals surface area contributed by atoms with E-state index in [1.807, 2.05) is 0 Å². The Morgan fingerprint density at radius 1 is 1.06 bits per heavy atom. The van der Waals surface area contributed by atoms with Gasteiger partial charge in [0.2, 0.25) is 5.91 Å². The number of carbonyl (C=O) groups excluding carboxylic acids is 3. The van der Waals surface area contributed by atoms with Gasteiger partial charge >= 0.3 is 0 Å². The summed E-state index contributed by atoms with van der Waals surface area (Å²) in [5.74, 6) is 0.333. The number of amides is 3. The highest BCUT2D eigenvalue weighted by Gasteiger charge is 2.48. The molecule has 164 valence electrons. The summed E-state index contributed by atoms with van der Waals surface area (Å²) in [6.07, 6.45) is 0. The van der Waals surface area contributed by atoms with Crippen molar-refractivity contribution in [2.45, 2.75) is 18.3 Å². The number of hydrogen-bond donors (Lipinski definition) is 2. The first-order chi connectivity index (χ1) is 14.8. The molecule has 0 bridgehead atoms. The zero-order valence-corrected chi connectivity index (χ0v) is 17.9. The number of β-lactam (4-membered cyclic amide) rings is 1. The fraction of sp³-hybridized carbons (Fsp3) is 0.286. The van der Waals surface area contributed by atoms with Crippen LogP contribution >= 0.6 is 11.6 Å². The molecule has 9 nitrogen and oxygen atoms in total. The van der Waals surface area contributed by atoms with E-state index in [0.717, 1.165) is 0 Å². The van der Waals surface area contributed by atoms with Crippen molar-refractivity contribution >= 4 is 35.0 Å². The van der Waals surface area contributed by atoms with Crippen LogP contribution in [0.25, 0.3) is 0 Å². The van der Waals surface area contributed by atoms with Crippen molar-refractivity contribution < 1.29 is 28.6 Å². The molecule has 0 saturated carbocycles. The van der Waals surface area contributed by atoms with Crippen LogP contribution < -0.4 is 25.0 Å². The van der Waals surface area contributed by atoms with Gasteiger partial charge in [-0.1, -0.05) is 6.07 Å². The van der Waals surface area contributed by atoms with Gasteiger partial charge in [0.05, 0.1) is 14.2 Å². The highest BCUT2D eigenvalue weighted by molar-refractivity contribution is 6.33. The molecule has 0 aliphatic carbocycles. The molecule has 31 heavy (non-hydrogen) atoms. The lowest BCUT2D eigenvalue weighted by Crippen LogP contribution is -2.63. The predicted octanol–water partition coefficient (Wildman–Crippen LogP) is 2.26. The molecule has 10 heteroatoms. The predicted molar refractivity (Wildman–Crippen MR) is 113 cm³/mol. The lowest BCUT2D eigenvalue weighted by Gasteiger charge is -2.43. The van der Waals surface area contributed by atoms with Crippen molar-refractivity contribution in [2.75, 3.05) is 26.1 Å². The Labute approximate surface area is 184 Å². The Hall–Kier alpha value is -3.46. The minimum absolute atomic E-state index is 0.186. The molecule has 1 fully saturated rings. The highest BCUT2D eigenvalue weighted by Crippen LogP contribution is 2.40. The van der Waals surface area contributed by atoms with Crippen LogP contribution in [0, 0.1) is 0 Å². The Morgan fingerprint density at radius 3 is 2.35 bits per heavy atom. The Kier molecular flexibility index (Phi) is 6.86. The largest absolute Gasteiger partial charge is 0.493 e. The summed E-state index contributed by atoms with van der Waals surface area (Å²) >= 11 is 6.20. The van der Waals surface area contributed by atoms with E-state index < -0.39 is 23.2 Å². The number of anilines is 1. The average molecular weight is 448 g/mol. The number of alkyl halides is 1. The molecule has 1 aliphatic heterocycles. The number of hydrazine groups is 1. The minimum atomic E-state index is -0.819. The van der Waals surface area contributed by atoms with Crippen molar-refractivity contribution in [3.05, 3.63) is 48.0 Å². The maximum absolute atomic E-state index is 12.3. The molecule has 2 unspecified atom stereocenters. The van der Waals surface area contributed by atoms with Crippen molar-refractivity contribution in [3.63, 3.8) is 0 Å². The molecule has 0 spiro atoms. The minimum Gasteiger partial charge on any atom is -0.493 e. The molecular weight excluding hydrogens is 426 g/mol. The van der Waals surface area contributed by atoms with E-state index in [2.05, 4.69) is 10.7 Å². The topological polar surface area (TPSA) is 106 Å². The summed E-state index contributed by atoms with van der Waals surface area (Å²) in [6.45, 7) is 1.10. The van der Waals surface area contributed by atoms with Crippen LogP contribution in [0.2, 0.25) is 0 Å². The van der Waals surface area contributed by atoms with Crippen molar-refractivity contribution in [1.82, 2.24) is 10.4 Å².